The van der Waals surface area contributed by atoms with E-state index < -0.39 is 4.92 Å². The van der Waals surface area contributed by atoms with Gasteiger partial charge in [0.25, 0.3) is 5.69 Å². The first-order valence-electron chi connectivity index (χ1n) is 6.68. The maximum Gasteiger partial charge on any atom is 0.292 e. The topological polar surface area (TPSA) is 81.9 Å². The number of nitrogens with one attached hydrogen (secondary N) is 1. The van der Waals surface area contributed by atoms with Crippen molar-refractivity contribution in [3.05, 3.63) is 28.3 Å². The minimum atomic E-state index is -0.409. The standard InChI is InChI=1S/C13H20N4O3/c1-15-5-7-16(8-6-15)11-2-3-13(17(19)20)12(10-11)14-4-9-18/h2-3,10,14,18H,4-9H2,1H3. The second-order valence-electron chi connectivity index (χ2n) is 4.90. The van der Waals surface area contributed by atoms with E-state index in [0.717, 1.165) is 31.9 Å². The summed E-state index contributed by atoms with van der Waals surface area (Å²) in [6.07, 6.45) is 0. The van der Waals surface area contributed by atoms with Crippen LogP contribution in [0.25, 0.3) is 0 Å². The van der Waals surface area contributed by atoms with E-state index in [9.17, 15) is 10.1 Å². The molecule has 0 atom stereocenters. The molecule has 1 aliphatic heterocycles. The second-order valence-corrected chi connectivity index (χ2v) is 4.90. The fourth-order valence-corrected chi connectivity index (χ4v) is 2.28. The van der Waals surface area contributed by atoms with Crippen molar-refractivity contribution in [1.29, 1.82) is 0 Å². The lowest BCUT2D eigenvalue weighted by Gasteiger charge is -2.34. The third kappa shape index (κ3) is 3.37. The molecule has 1 aliphatic rings. The summed E-state index contributed by atoms with van der Waals surface area (Å²) in [7, 11) is 2.08. The highest BCUT2D eigenvalue weighted by Gasteiger charge is 2.18. The van der Waals surface area contributed by atoms with Crippen LogP contribution in [0.3, 0.4) is 0 Å². The summed E-state index contributed by atoms with van der Waals surface area (Å²) in [6, 6.07) is 5.10. The van der Waals surface area contributed by atoms with Gasteiger partial charge in [0.15, 0.2) is 0 Å². The number of nitrogens with zero attached hydrogens (tertiary/aromatic N) is 3. The molecule has 0 saturated carbocycles. The first kappa shape index (κ1) is 14.5. The van der Waals surface area contributed by atoms with Gasteiger partial charge < -0.3 is 20.2 Å². The molecule has 7 heteroatoms. The molecule has 2 N–H and O–H groups in total. The van der Waals surface area contributed by atoms with E-state index in [1.54, 1.807) is 12.1 Å². The van der Waals surface area contributed by atoms with Gasteiger partial charge in [0, 0.05) is 44.5 Å². The highest BCUT2D eigenvalue weighted by atomic mass is 16.6. The molecule has 20 heavy (non-hydrogen) atoms. The summed E-state index contributed by atoms with van der Waals surface area (Å²) in [6.45, 7) is 4.03. The summed E-state index contributed by atoms with van der Waals surface area (Å²) in [5.74, 6) is 0. The third-order valence-electron chi connectivity index (χ3n) is 3.47. The van der Waals surface area contributed by atoms with Gasteiger partial charge in [-0.3, -0.25) is 10.1 Å². The zero-order valence-corrected chi connectivity index (χ0v) is 11.6. The Morgan fingerprint density at radius 1 is 1.35 bits per heavy atom. The minimum absolute atomic E-state index is 0.0383. The number of benzene rings is 1. The number of anilines is 2. The molecule has 0 amide bonds. The Balaban J connectivity index is 2.20. The van der Waals surface area contributed by atoms with Gasteiger partial charge in [-0.05, 0) is 19.2 Å². The predicted octanol–water partition coefficient (Wildman–Crippen LogP) is 0.751. The summed E-state index contributed by atoms with van der Waals surface area (Å²) < 4.78 is 0. The molecule has 1 aromatic rings. The lowest BCUT2D eigenvalue weighted by Crippen LogP contribution is -2.44. The molecule has 1 saturated heterocycles. The van der Waals surface area contributed by atoms with Gasteiger partial charge in [0.2, 0.25) is 0 Å². The van der Waals surface area contributed by atoms with Crippen molar-refractivity contribution in [2.45, 2.75) is 0 Å². The molecule has 7 nitrogen and oxygen atoms in total. The maximum atomic E-state index is 11.0. The van der Waals surface area contributed by atoms with Crippen molar-refractivity contribution >= 4 is 17.1 Å². The Labute approximate surface area is 117 Å². The number of aliphatic hydroxyl groups excluding tert-OH is 1. The van der Waals surface area contributed by atoms with Crippen LogP contribution >= 0.6 is 0 Å². The number of hydrogen-bond donors (Lipinski definition) is 2. The zero-order valence-electron chi connectivity index (χ0n) is 11.6. The van der Waals surface area contributed by atoms with Crippen LogP contribution in [0.15, 0.2) is 18.2 Å². The van der Waals surface area contributed by atoms with Crippen LogP contribution < -0.4 is 10.2 Å². The van der Waals surface area contributed by atoms with Crippen LogP contribution in [0.5, 0.6) is 0 Å². The highest BCUT2D eigenvalue weighted by Crippen LogP contribution is 2.29. The number of nitro benzene ring substituents is 1. The quantitative estimate of drug-likeness (QED) is 0.612. The van der Waals surface area contributed by atoms with E-state index >= 15 is 0 Å². The van der Waals surface area contributed by atoms with Crippen molar-refractivity contribution < 1.29 is 10.0 Å². The van der Waals surface area contributed by atoms with E-state index in [0.29, 0.717) is 12.2 Å². The van der Waals surface area contributed by atoms with Crippen LogP contribution in [0.1, 0.15) is 0 Å². The molecular weight excluding hydrogens is 260 g/mol. The van der Waals surface area contributed by atoms with Crippen molar-refractivity contribution in [3.8, 4) is 0 Å². The highest BCUT2D eigenvalue weighted by molar-refractivity contribution is 5.69. The number of hydrogen-bond acceptors (Lipinski definition) is 6. The predicted molar refractivity (Wildman–Crippen MR) is 78.4 cm³/mol. The molecule has 110 valence electrons. The summed E-state index contributed by atoms with van der Waals surface area (Å²) in [5.41, 5.74) is 1.47. The molecule has 2 rings (SSSR count). The number of piperazine rings is 1. The minimum Gasteiger partial charge on any atom is -0.395 e. The van der Waals surface area contributed by atoms with Crippen molar-refractivity contribution in [1.82, 2.24) is 4.90 Å². The lowest BCUT2D eigenvalue weighted by molar-refractivity contribution is -0.383. The Bertz CT molecular complexity index is 473. The van der Waals surface area contributed by atoms with Gasteiger partial charge in [-0.15, -0.1) is 0 Å². The van der Waals surface area contributed by atoms with Crippen LogP contribution in [-0.2, 0) is 0 Å². The normalized spacial score (nSPS) is 16.2. The van der Waals surface area contributed by atoms with Gasteiger partial charge >= 0.3 is 0 Å². The van der Waals surface area contributed by atoms with Crippen LogP contribution in [0.4, 0.5) is 17.1 Å². The Morgan fingerprint density at radius 3 is 2.65 bits per heavy atom. The van der Waals surface area contributed by atoms with Crippen molar-refractivity contribution in [3.63, 3.8) is 0 Å². The second kappa shape index (κ2) is 6.53. The van der Waals surface area contributed by atoms with Gasteiger partial charge in [0.1, 0.15) is 5.69 Å². The van der Waals surface area contributed by atoms with Crippen LogP contribution in [0, 0.1) is 10.1 Å². The van der Waals surface area contributed by atoms with E-state index in [1.165, 1.54) is 6.07 Å². The fraction of sp³-hybridized carbons (Fsp3) is 0.538. The molecule has 0 bridgehead atoms. The lowest BCUT2D eigenvalue weighted by atomic mass is 10.2. The zero-order chi connectivity index (χ0) is 14.5. The monoisotopic (exact) mass is 280 g/mol. The number of nitro groups is 1. The average molecular weight is 280 g/mol. The smallest absolute Gasteiger partial charge is 0.292 e. The van der Waals surface area contributed by atoms with Crippen LogP contribution in [0.2, 0.25) is 0 Å². The number of aliphatic hydroxyl groups is 1. The Kier molecular flexibility index (Phi) is 4.75. The molecule has 0 spiro atoms. The molecule has 0 aliphatic carbocycles. The first-order chi connectivity index (χ1) is 9.61. The summed E-state index contributed by atoms with van der Waals surface area (Å²) in [4.78, 5) is 15.1. The molecule has 0 radical (unpaired) electrons. The van der Waals surface area contributed by atoms with Crippen LogP contribution in [-0.4, -0.2) is 61.3 Å². The number of rotatable bonds is 5. The third-order valence-corrected chi connectivity index (χ3v) is 3.47. The molecule has 1 heterocycles. The summed E-state index contributed by atoms with van der Waals surface area (Å²) in [5, 5.41) is 22.8. The first-order valence-corrected chi connectivity index (χ1v) is 6.68. The van der Waals surface area contributed by atoms with E-state index in [4.69, 9.17) is 5.11 Å². The van der Waals surface area contributed by atoms with Crippen molar-refractivity contribution in [2.24, 2.45) is 0 Å². The molecule has 0 unspecified atom stereocenters. The van der Waals surface area contributed by atoms with Gasteiger partial charge in [-0.1, -0.05) is 0 Å². The van der Waals surface area contributed by atoms with Crippen molar-refractivity contribution in [2.75, 3.05) is 56.6 Å². The maximum absolute atomic E-state index is 11.0. The van der Waals surface area contributed by atoms with E-state index in [2.05, 4.69) is 22.2 Å². The SMILES string of the molecule is CN1CCN(c2ccc([N+](=O)[O-])c(NCCO)c2)CC1. The van der Waals surface area contributed by atoms with E-state index in [1.807, 2.05) is 0 Å². The fourth-order valence-electron chi connectivity index (χ4n) is 2.28. The Morgan fingerprint density at radius 2 is 2.05 bits per heavy atom. The Hall–Kier alpha value is -1.86. The van der Waals surface area contributed by atoms with E-state index in [-0.39, 0.29) is 12.3 Å². The molecule has 1 aromatic carbocycles. The van der Waals surface area contributed by atoms with Gasteiger partial charge in [-0.25, -0.2) is 0 Å². The summed E-state index contributed by atoms with van der Waals surface area (Å²) >= 11 is 0. The largest absolute Gasteiger partial charge is 0.395 e. The molecule has 1 fully saturated rings. The van der Waals surface area contributed by atoms with Gasteiger partial charge in [-0.2, -0.15) is 0 Å². The average Bonchev–Trinajstić information content (AvgIpc) is 2.45. The molecule has 0 aromatic heterocycles. The molecular formula is C13H20N4O3. The van der Waals surface area contributed by atoms with Gasteiger partial charge in [0.05, 0.1) is 11.5 Å². The number of likely N-dealkylation sites (N-methyl/N-ethyl adjacent to an activating group) is 1.